The number of ether oxygens (including phenoxy) is 2. The van der Waals surface area contributed by atoms with Crippen molar-refractivity contribution in [3.05, 3.63) is 36.0 Å². The van der Waals surface area contributed by atoms with Crippen molar-refractivity contribution in [2.24, 2.45) is 5.92 Å². The number of carbonyl (C=O) groups is 2. The van der Waals surface area contributed by atoms with Crippen molar-refractivity contribution in [2.75, 3.05) is 24.2 Å². The summed E-state index contributed by atoms with van der Waals surface area (Å²) in [5, 5.41) is 12.0. The van der Waals surface area contributed by atoms with Crippen LogP contribution in [0.4, 0.5) is 23.1 Å². The molecule has 2 aromatic rings. The number of nitrogens with one attached hydrogen (secondary N) is 1. The Balaban J connectivity index is 1.53. The maximum Gasteiger partial charge on any atom is 0.573 e. The van der Waals surface area contributed by atoms with E-state index < -0.39 is 12.3 Å². The van der Waals surface area contributed by atoms with Crippen molar-refractivity contribution in [1.29, 1.82) is 0 Å². The third-order valence-corrected chi connectivity index (χ3v) is 7.72. The van der Waals surface area contributed by atoms with Crippen LogP contribution >= 0.6 is 23.1 Å². The molecular weight excluding hydrogens is 519 g/mol. The maximum absolute atomic E-state index is 13.1. The fraction of sp³-hybridized carbons (Fsp3) is 0.522. The summed E-state index contributed by atoms with van der Waals surface area (Å²) in [5.74, 6) is -0.703. The summed E-state index contributed by atoms with van der Waals surface area (Å²) in [4.78, 5) is 29.8. The first-order chi connectivity index (χ1) is 17.1. The normalized spacial score (nSPS) is 18.0. The highest BCUT2D eigenvalue weighted by atomic mass is 32.2. The number of thiazole rings is 1. The number of benzene rings is 1. The third-order valence-electron chi connectivity index (χ3n) is 5.63. The van der Waals surface area contributed by atoms with Crippen LogP contribution in [0.5, 0.6) is 5.75 Å². The van der Waals surface area contributed by atoms with E-state index in [0.717, 1.165) is 37.4 Å². The Morgan fingerprint density at radius 1 is 1.22 bits per heavy atom. The number of hydrogen-bond acceptors (Lipinski definition) is 7. The van der Waals surface area contributed by atoms with Crippen LogP contribution in [0, 0.1) is 5.92 Å². The molecule has 36 heavy (non-hydrogen) atoms. The van der Waals surface area contributed by atoms with Crippen LogP contribution < -0.4 is 10.1 Å². The molecular formula is C23H28F3N3O5S2. The van der Waals surface area contributed by atoms with Crippen molar-refractivity contribution in [3.8, 4) is 5.75 Å². The number of aromatic nitrogens is 1. The monoisotopic (exact) mass is 547 g/mol. The Morgan fingerprint density at radius 3 is 2.56 bits per heavy atom. The lowest BCUT2D eigenvalue weighted by molar-refractivity contribution is -0.274. The van der Waals surface area contributed by atoms with Crippen molar-refractivity contribution in [3.63, 3.8) is 0 Å². The number of urea groups is 1. The van der Waals surface area contributed by atoms with Gasteiger partial charge in [0.1, 0.15) is 5.75 Å². The summed E-state index contributed by atoms with van der Waals surface area (Å²) in [5.41, 5.74) is 0.682. The van der Waals surface area contributed by atoms with Gasteiger partial charge >= 0.3 is 18.4 Å². The molecule has 1 aromatic heterocycles. The van der Waals surface area contributed by atoms with Crippen molar-refractivity contribution < 1.29 is 37.3 Å². The molecule has 13 heteroatoms. The van der Waals surface area contributed by atoms with Crippen LogP contribution in [0.3, 0.4) is 0 Å². The van der Waals surface area contributed by atoms with Crippen molar-refractivity contribution in [1.82, 2.24) is 9.88 Å². The van der Waals surface area contributed by atoms with Gasteiger partial charge in [0.15, 0.2) is 5.13 Å². The predicted octanol–water partition coefficient (Wildman–Crippen LogP) is 5.85. The fourth-order valence-electron chi connectivity index (χ4n) is 3.82. The summed E-state index contributed by atoms with van der Waals surface area (Å²) < 4.78 is 47.2. The van der Waals surface area contributed by atoms with E-state index in [0.29, 0.717) is 27.4 Å². The number of nitrogens with zero attached hydrogens (tertiary/aromatic N) is 2. The number of rotatable bonds is 11. The van der Waals surface area contributed by atoms with E-state index in [1.807, 2.05) is 0 Å². The zero-order chi connectivity index (χ0) is 26.1. The zero-order valence-electron chi connectivity index (χ0n) is 19.6. The molecule has 0 radical (unpaired) electrons. The van der Waals surface area contributed by atoms with E-state index in [4.69, 9.17) is 9.84 Å². The van der Waals surface area contributed by atoms with Gasteiger partial charge in [0.25, 0.3) is 0 Å². The molecule has 1 aliphatic carbocycles. The molecule has 1 fully saturated rings. The molecule has 2 amide bonds. The first kappa shape index (κ1) is 28.1. The van der Waals surface area contributed by atoms with E-state index in [-0.39, 0.29) is 36.8 Å². The predicted molar refractivity (Wildman–Crippen MR) is 130 cm³/mol. The molecule has 0 bridgehead atoms. The number of alkyl halides is 3. The fourth-order valence-corrected chi connectivity index (χ4v) is 5.41. The standard InChI is InChI=1S/C23H28F3N3O5S2/c1-15-2-6-17(7-3-15)29(22(32)28-21-27-12-20(36-21)35-14-19(30)31)10-11-33-13-16-4-8-18(9-5-16)34-23(24,25)26/h4-5,8-9,12,15,17H,2-3,6-7,10-11,13-14H2,1H3,(H,30,31)(H,27,28,32)/t15-,17-. The van der Waals surface area contributed by atoms with Crippen molar-refractivity contribution in [2.45, 2.75) is 55.8 Å². The molecule has 1 saturated carbocycles. The second kappa shape index (κ2) is 13.2. The molecule has 198 valence electrons. The first-order valence-electron chi connectivity index (χ1n) is 11.4. The van der Waals surface area contributed by atoms with Gasteiger partial charge in [0.05, 0.1) is 29.4 Å². The van der Waals surface area contributed by atoms with Crippen LogP contribution in [0.1, 0.15) is 38.2 Å². The minimum absolute atomic E-state index is 0.0596. The summed E-state index contributed by atoms with van der Waals surface area (Å²) in [7, 11) is 0. The van der Waals surface area contributed by atoms with Gasteiger partial charge in [-0.1, -0.05) is 30.4 Å². The minimum Gasteiger partial charge on any atom is -0.481 e. The van der Waals surface area contributed by atoms with Crippen LogP contribution in [0.2, 0.25) is 0 Å². The van der Waals surface area contributed by atoms with Crippen LogP contribution in [-0.2, 0) is 16.1 Å². The minimum atomic E-state index is -4.74. The highest BCUT2D eigenvalue weighted by molar-refractivity contribution is 8.01. The molecule has 3 rings (SSSR count). The average Bonchev–Trinajstić information content (AvgIpc) is 3.26. The number of carboxylic acid groups (broad SMARTS) is 1. The van der Waals surface area contributed by atoms with Gasteiger partial charge in [0.2, 0.25) is 0 Å². The van der Waals surface area contributed by atoms with Gasteiger partial charge in [0, 0.05) is 12.6 Å². The lowest BCUT2D eigenvalue weighted by Crippen LogP contribution is -2.46. The quantitative estimate of drug-likeness (QED) is 0.269. The number of carboxylic acids is 1. The Labute approximate surface area is 215 Å². The Kier molecular flexibility index (Phi) is 10.3. The highest BCUT2D eigenvalue weighted by Crippen LogP contribution is 2.30. The van der Waals surface area contributed by atoms with E-state index in [1.165, 1.54) is 41.8 Å². The summed E-state index contributed by atoms with van der Waals surface area (Å²) in [6.45, 7) is 2.96. The smallest absolute Gasteiger partial charge is 0.481 e. The zero-order valence-corrected chi connectivity index (χ0v) is 21.3. The molecule has 0 atom stereocenters. The third kappa shape index (κ3) is 9.51. The van der Waals surface area contributed by atoms with Crippen LogP contribution in [-0.4, -0.2) is 58.3 Å². The average molecular weight is 548 g/mol. The van der Waals surface area contributed by atoms with Gasteiger partial charge in [-0.25, -0.2) is 9.78 Å². The van der Waals surface area contributed by atoms with Gasteiger partial charge in [-0.2, -0.15) is 0 Å². The van der Waals surface area contributed by atoms with Gasteiger partial charge in [-0.15, -0.1) is 24.9 Å². The highest BCUT2D eigenvalue weighted by Gasteiger charge is 2.31. The SMILES string of the molecule is C[C@H]1CC[C@H](N(CCOCc2ccc(OC(F)(F)F)cc2)C(=O)Nc2ncc(SCC(=O)O)s2)CC1. The summed E-state index contributed by atoms with van der Waals surface area (Å²) >= 11 is 2.36. The largest absolute Gasteiger partial charge is 0.573 e. The Morgan fingerprint density at radius 2 is 1.92 bits per heavy atom. The van der Waals surface area contributed by atoms with Gasteiger partial charge in [-0.05, 0) is 49.3 Å². The summed E-state index contributed by atoms with van der Waals surface area (Å²) in [6.07, 6.45) is 0.606. The number of thioether (sulfide) groups is 1. The van der Waals surface area contributed by atoms with E-state index in [1.54, 1.807) is 4.90 Å². The molecule has 1 aliphatic rings. The van der Waals surface area contributed by atoms with Crippen molar-refractivity contribution >= 4 is 40.2 Å². The topological polar surface area (TPSA) is 101 Å². The molecule has 1 aromatic carbocycles. The molecule has 2 N–H and O–H groups in total. The van der Waals surface area contributed by atoms with E-state index in [9.17, 15) is 22.8 Å². The molecule has 0 spiro atoms. The lowest BCUT2D eigenvalue weighted by Gasteiger charge is -2.36. The summed E-state index contributed by atoms with van der Waals surface area (Å²) in [6, 6.07) is 5.21. The number of carbonyl (C=O) groups excluding carboxylic acids is 1. The molecule has 0 unspecified atom stereocenters. The maximum atomic E-state index is 13.1. The van der Waals surface area contributed by atoms with Gasteiger partial charge < -0.3 is 19.5 Å². The number of halogens is 3. The molecule has 0 saturated heterocycles. The van der Waals surface area contributed by atoms with Crippen LogP contribution in [0.25, 0.3) is 0 Å². The van der Waals surface area contributed by atoms with E-state index >= 15 is 0 Å². The lowest BCUT2D eigenvalue weighted by atomic mass is 9.86. The number of amides is 2. The molecule has 0 aliphatic heterocycles. The number of aliphatic carboxylic acids is 1. The Hall–Kier alpha value is -2.51. The Bertz CT molecular complexity index is 996. The molecule has 1 heterocycles. The molecule has 8 nitrogen and oxygen atoms in total. The second-order valence-electron chi connectivity index (χ2n) is 8.45. The number of anilines is 1. The first-order valence-corrected chi connectivity index (χ1v) is 13.2. The van der Waals surface area contributed by atoms with Gasteiger partial charge in [-0.3, -0.25) is 10.1 Å². The van der Waals surface area contributed by atoms with Crippen LogP contribution in [0.15, 0.2) is 34.7 Å². The second-order valence-corrected chi connectivity index (χ2v) is 10.8. The van der Waals surface area contributed by atoms with E-state index in [2.05, 4.69) is 22.0 Å². The number of hydrogen-bond donors (Lipinski definition) is 2.